The number of carbonyl (C=O) groups is 1. The summed E-state index contributed by atoms with van der Waals surface area (Å²) in [5.74, 6) is 1.31. The number of benzene rings is 1. The Labute approximate surface area is 173 Å². The summed E-state index contributed by atoms with van der Waals surface area (Å²) in [5.41, 5.74) is 3.52. The molecule has 29 heavy (non-hydrogen) atoms. The number of aromatic nitrogens is 2. The zero-order chi connectivity index (χ0) is 20.1. The fraction of sp³-hybridized carbons (Fsp3) is 0.522. The van der Waals surface area contributed by atoms with Gasteiger partial charge in [-0.3, -0.25) is 4.79 Å². The molecule has 0 spiro atoms. The second kappa shape index (κ2) is 9.25. The van der Waals surface area contributed by atoms with Crippen LogP contribution in [-0.2, 0) is 11.3 Å². The molecule has 0 bridgehead atoms. The number of carbonyl (C=O) groups excluding carboxylic acids is 1. The van der Waals surface area contributed by atoms with Gasteiger partial charge in [-0.25, -0.2) is 9.97 Å². The van der Waals surface area contributed by atoms with Gasteiger partial charge in [-0.1, -0.05) is 24.3 Å². The highest BCUT2D eigenvalue weighted by Gasteiger charge is 2.27. The van der Waals surface area contributed by atoms with E-state index in [-0.39, 0.29) is 11.8 Å². The monoisotopic (exact) mass is 393 g/mol. The summed E-state index contributed by atoms with van der Waals surface area (Å²) in [5, 5.41) is 3.14. The highest BCUT2D eigenvalue weighted by Crippen LogP contribution is 2.31. The molecule has 2 fully saturated rings. The van der Waals surface area contributed by atoms with Crippen molar-refractivity contribution in [2.45, 2.75) is 45.6 Å². The zero-order valence-electron chi connectivity index (χ0n) is 17.3. The minimum atomic E-state index is 0.0818. The van der Waals surface area contributed by atoms with Gasteiger partial charge in [0.1, 0.15) is 6.33 Å². The Balaban J connectivity index is 1.34. The minimum absolute atomic E-state index is 0.0818. The van der Waals surface area contributed by atoms with Crippen molar-refractivity contribution in [2.75, 3.05) is 36.0 Å². The lowest BCUT2D eigenvalue weighted by Gasteiger charge is -2.36. The Bertz CT molecular complexity index is 826. The van der Waals surface area contributed by atoms with Crippen LogP contribution < -0.4 is 15.1 Å². The molecule has 0 radical (unpaired) electrons. The van der Waals surface area contributed by atoms with Gasteiger partial charge in [0.2, 0.25) is 5.91 Å². The van der Waals surface area contributed by atoms with Crippen molar-refractivity contribution in [1.82, 2.24) is 15.3 Å². The lowest BCUT2D eigenvalue weighted by atomic mass is 9.95. The highest BCUT2D eigenvalue weighted by molar-refractivity contribution is 5.79. The second-order valence-corrected chi connectivity index (χ2v) is 8.18. The van der Waals surface area contributed by atoms with Gasteiger partial charge in [0.25, 0.3) is 0 Å². The van der Waals surface area contributed by atoms with E-state index in [0.717, 1.165) is 50.5 Å². The van der Waals surface area contributed by atoms with Crippen LogP contribution in [0.25, 0.3) is 0 Å². The molecule has 154 valence electrons. The smallest absolute Gasteiger partial charge is 0.223 e. The molecule has 6 heteroatoms. The number of hydrogen-bond donors (Lipinski definition) is 1. The van der Waals surface area contributed by atoms with Gasteiger partial charge in [-0.05, 0) is 50.2 Å². The van der Waals surface area contributed by atoms with Crippen LogP contribution in [0, 0.1) is 12.8 Å². The van der Waals surface area contributed by atoms with Crippen LogP contribution in [0.4, 0.5) is 11.5 Å². The first-order valence-corrected chi connectivity index (χ1v) is 10.8. The van der Waals surface area contributed by atoms with Gasteiger partial charge < -0.3 is 15.1 Å². The van der Waals surface area contributed by atoms with E-state index >= 15 is 0 Å². The number of hydrogen-bond acceptors (Lipinski definition) is 5. The summed E-state index contributed by atoms with van der Waals surface area (Å²) in [6.07, 6.45) is 9.09. The molecule has 0 unspecified atom stereocenters. The van der Waals surface area contributed by atoms with E-state index in [4.69, 9.17) is 0 Å². The third-order valence-electron chi connectivity index (χ3n) is 6.25. The third kappa shape index (κ3) is 4.69. The van der Waals surface area contributed by atoms with E-state index in [1.807, 2.05) is 18.3 Å². The van der Waals surface area contributed by atoms with Crippen LogP contribution >= 0.6 is 0 Å². The van der Waals surface area contributed by atoms with E-state index in [1.54, 1.807) is 6.33 Å². The first kappa shape index (κ1) is 19.7. The molecule has 0 saturated carbocycles. The second-order valence-electron chi connectivity index (χ2n) is 8.18. The maximum atomic E-state index is 12.7. The highest BCUT2D eigenvalue weighted by atomic mass is 16.1. The molecule has 1 aromatic carbocycles. The van der Waals surface area contributed by atoms with Gasteiger partial charge in [0, 0.05) is 38.6 Å². The quantitative estimate of drug-likeness (QED) is 0.844. The first-order chi connectivity index (χ1) is 14.2. The van der Waals surface area contributed by atoms with Crippen LogP contribution in [0.2, 0.25) is 0 Å². The minimum Gasteiger partial charge on any atom is -0.367 e. The van der Waals surface area contributed by atoms with Crippen molar-refractivity contribution >= 4 is 17.4 Å². The van der Waals surface area contributed by atoms with Crippen molar-refractivity contribution < 1.29 is 4.79 Å². The zero-order valence-corrected chi connectivity index (χ0v) is 17.3. The van der Waals surface area contributed by atoms with Crippen molar-refractivity contribution in [1.29, 1.82) is 0 Å². The largest absolute Gasteiger partial charge is 0.367 e. The molecule has 3 heterocycles. The molecule has 6 nitrogen and oxygen atoms in total. The topological polar surface area (TPSA) is 61.4 Å². The number of aryl methyl sites for hydroxylation is 1. The Morgan fingerprint density at radius 1 is 1.07 bits per heavy atom. The van der Waals surface area contributed by atoms with Crippen molar-refractivity contribution in [2.24, 2.45) is 5.92 Å². The standard InChI is InChI=1S/C23H31N5O/c1-18-7-3-4-8-20(18)15-25-23(29)19-9-13-27(14-10-19)21-16-24-17-26-22(21)28-11-5-2-6-12-28/h3-4,7-8,16-17,19H,2,5-6,9-15H2,1H3,(H,25,29). The van der Waals surface area contributed by atoms with Crippen molar-refractivity contribution in [3.8, 4) is 0 Å². The van der Waals surface area contributed by atoms with Gasteiger partial charge in [-0.15, -0.1) is 0 Å². The van der Waals surface area contributed by atoms with Crippen LogP contribution in [-0.4, -0.2) is 42.1 Å². The number of amides is 1. The van der Waals surface area contributed by atoms with E-state index in [1.165, 1.54) is 30.4 Å². The number of anilines is 2. The maximum absolute atomic E-state index is 12.7. The van der Waals surface area contributed by atoms with Gasteiger partial charge >= 0.3 is 0 Å². The van der Waals surface area contributed by atoms with E-state index in [9.17, 15) is 4.79 Å². The summed E-state index contributed by atoms with van der Waals surface area (Å²) in [6.45, 7) is 6.58. The summed E-state index contributed by atoms with van der Waals surface area (Å²) in [6, 6.07) is 8.22. The predicted molar refractivity (Wildman–Crippen MR) is 116 cm³/mol. The molecule has 2 aliphatic heterocycles. The van der Waals surface area contributed by atoms with Crippen molar-refractivity contribution in [3.63, 3.8) is 0 Å². The average Bonchev–Trinajstić information content (AvgIpc) is 2.79. The number of nitrogens with zero attached hydrogens (tertiary/aromatic N) is 4. The van der Waals surface area contributed by atoms with Gasteiger partial charge in [0.05, 0.1) is 11.9 Å². The SMILES string of the molecule is Cc1ccccc1CNC(=O)C1CCN(c2cncnc2N2CCCCC2)CC1. The molecule has 1 aromatic heterocycles. The molecule has 1 N–H and O–H groups in total. The molecule has 2 aliphatic rings. The predicted octanol–water partition coefficient (Wildman–Crippen LogP) is 3.31. The summed E-state index contributed by atoms with van der Waals surface area (Å²) >= 11 is 0. The lowest BCUT2D eigenvalue weighted by Crippen LogP contribution is -2.41. The summed E-state index contributed by atoms with van der Waals surface area (Å²) in [7, 11) is 0. The number of piperidine rings is 2. The fourth-order valence-corrected chi connectivity index (χ4v) is 4.41. The normalized spacial score (nSPS) is 18.0. The summed E-state index contributed by atoms with van der Waals surface area (Å²) < 4.78 is 0. The van der Waals surface area contributed by atoms with Crippen molar-refractivity contribution in [3.05, 3.63) is 47.9 Å². The Morgan fingerprint density at radius 3 is 2.59 bits per heavy atom. The summed E-state index contributed by atoms with van der Waals surface area (Å²) in [4.78, 5) is 26.3. The van der Waals surface area contributed by atoms with Crippen LogP contribution in [0.1, 0.15) is 43.2 Å². The van der Waals surface area contributed by atoms with E-state index < -0.39 is 0 Å². The Kier molecular flexibility index (Phi) is 6.27. The molecule has 2 saturated heterocycles. The third-order valence-corrected chi connectivity index (χ3v) is 6.25. The van der Waals surface area contributed by atoms with E-state index in [2.05, 4.69) is 44.1 Å². The Morgan fingerprint density at radius 2 is 1.83 bits per heavy atom. The maximum Gasteiger partial charge on any atom is 0.223 e. The number of rotatable bonds is 5. The molecule has 4 rings (SSSR count). The molecule has 1 amide bonds. The van der Waals surface area contributed by atoms with Crippen LogP contribution in [0.3, 0.4) is 0 Å². The average molecular weight is 394 g/mol. The molecular weight excluding hydrogens is 362 g/mol. The van der Waals surface area contributed by atoms with E-state index in [0.29, 0.717) is 6.54 Å². The van der Waals surface area contributed by atoms with Gasteiger partial charge in [0.15, 0.2) is 5.82 Å². The molecular formula is C23H31N5O. The number of nitrogens with one attached hydrogen (secondary N) is 1. The molecule has 2 aromatic rings. The van der Waals surface area contributed by atoms with Crippen LogP contribution in [0.5, 0.6) is 0 Å². The fourth-order valence-electron chi connectivity index (χ4n) is 4.41. The Hall–Kier alpha value is -2.63. The van der Waals surface area contributed by atoms with Gasteiger partial charge in [-0.2, -0.15) is 0 Å². The lowest BCUT2D eigenvalue weighted by molar-refractivity contribution is -0.125. The first-order valence-electron chi connectivity index (χ1n) is 10.8. The molecule has 0 atom stereocenters. The van der Waals surface area contributed by atoms with Crippen LogP contribution in [0.15, 0.2) is 36.8 Å². The molecule has 0 aliphatic carbocycles.